The average molecular weight is 405 g/mol. The highest BCUT2D eigenvalue weighted by Crippen LogP contribution is 2.35. The van der Waals surface area contributed by atoms with Crippen LogP contribution in [0.4, 0.5) is 5.82 Å². The third-order valence-electron chi connectivity index (χ3n) is 4.51. The molecule has 0 spiro atoms. The first-order valence-corrected chi connectivity index (χ1v) is 9.25. The number of anilines is 1. The van der Waals surface area contributed by atoms with Crippen molar-refractivity contribution < 1.29 is 19.0 Å². The fourth-order valence-electron chi connectivity index (χ4n) is 2.98. The van der Waals surface area contributed by atoms with Crippen LogP contribution in [0.3, 0.4) is 0 Å². The van der Waals surface area contributed by atoms with E-state index in [1.165, 1.54) is 0 Å². The zero-order valence-corrected chi connectivity index (χ0v) is 17.1. The predicted molar refractivity (Wildman–Crippen MR) is 115 cm³/mol. The zero-order valence-electron chi connectivity index (χ0n) is 17.1. The van der Waals surface area contributed by atoms with E-state index in [9.17, 15) is 4.79 Å². The summed E-state index contributed by atoms with van der Waals surface area (Å²) in [5, 5.41) is 7.24. The molecular formula is C23H23N3O4. The van der Waals surface area contributed by atoms with Gasteiger partial charge in [0.2, 0.25) is 5.91 Å². The second-order valence-corrected chi connectivity index (χ2v) is 6.46. The molecule has 1 heterocycles. The number of aryl methyl sites for hydroxylation is 1. The number of methoxy groups -OCH3 is 2. The van der Waals surface area contributed by atoms with Crippen LogP contribution in [0.2, 0.25) is 0 Å². The van der Waals surface area contributed by atoms with Crippen LogP contribution in [0.5, 0.6) is 17.2 Å². The number of aromatic nitrogens is 2. The number of hydrogen-bond donors (Lipinski definition) is 1. The maximum Gasteiger partial charge on any atom is 0.229 e. The minimum atomic E-state index is -0.147. The van der Waals surface area contributed by atoms with Gasteiger partial charge in [0, 0.05) is 12.6 Å². The fraction of sp³-hybridized carbons (Fsp3) is 0.217. The molecule has 0 unspecified atom stereocenters. The number of carbonyl (C=O) groups is 1. The van der Waals surface area contributed by atoms with Crippen molar-refractivity contribution in [2.24, 2.45) is 7.05 Å². The van der Waals surface area contributed by atoms with Crippen molar-refractivity contribution in [3.63, 3.8) is 0 Å². The van der Waals surface area contributed by atoms with Crippen molar-refractivity contribution in [3.05, 3.63) is 54.2 Å². The fourth-order valence-corrected chi connectivity index (χ4v) is 2.98. The molecule has 0 radical (unpaired) electrons. The number of nitrogens with zero attached hydrogens (tertiary/aromatic N) is 2. The van der Waals surface area contributed by atoms with E-state index >= 15 is 0 Å². The molecule has 3 aromatic rings. The summed E-state index contributed by atoms with van der Waals surface area (Å²) in [7, 11) is 4.94. The average Bonchev–Trinajstić information content (AvgIpc) is 3.12. The smallest absolute Gasteiger partial charge is 0.229 e. The Morgan fingerprint density at radius 3 is 2.57 bits per heavy atom. The largest absolute Gasteiger partial charge is 0.497 e. The first-order chi connectivity index (χ1) is 14.5. The molecule has 2 aromatic carbocycles. The second kappa shape index (κ2) is 9.52. The lowest BCUT2D eigenvalue weighted by molar-refractivity contribution is -0.115. The Bertz CT molecular complexity index is 1070. The standard InChI is InChI=1S/C23H23N3O4/c1-5-12-30-20-11-8-17(14-21(20)29-4)19-15-24-26(2)23(19)25-22(27)13-16-6-9-18(28-3)10-7-16/h1,6-11,14-15H,12-13H2,2-4H3,(H,25,27). The van der Waals surface area contributed by atoms with Gasteiger partial charge in [-0.3, -0.25) is 9.48 Å². The number of nitrogens with one attached hydrogen (secondary N) is 1. The molecule has 0 aliphatic carbocycles. The molecule has 0 aliphatic heterocycles. The SMILES string of the molecule is C#CCOc1ccc(-c2cnn(C)c2NC(=O)Cc2ccc(OC)cc2)cc1OC. The van der Waals surface area contributed by atoms with Crippen LogP contribution in [-0.4, -0.2) is 36.5 Å². The quantitative estimate of drug-likeness (QED) is 0.582. The number of amides is 1. The molecule has 0 atom stereocenters. The van der Waals surface area contributed by atoms with E-state index in [4.69, 9.17) is 20.6 Å². The van der Waals surface area contributed by atoms with Gasteiger partial charge in [0.1, 0.15) is 18.2 Å². The molecule has 0 aliphatic rings. The second-order valence-electron chi connectivity index (χ2n) is 6.46. The van der Waals surface area contributed by atoms with E-state index in [2.05, 4.69) is 16.3 Å². The van der Waals surface area contributed by atoms with E-state index in [1.54, 1.807) is 38.2 Å². The van der Waals surface area contributed by atoms with E-state index in [-0.39, 0.29) is 18.9 Å². The molecule has 1 N–H and O–H groups in total. The molecule has 7 nitrogen and oxygen atoms in total. The van der Waals surface area contributed by atoms with Crippen LogP contribution in [0.25, 0.3) is 11.1 Å². The first kappa shape index (κ1) is 20.8. The van der Waals surface area contributed by atoms with Crippen molar-refractivity contribution in [1.82, 2.24) is 9.78 Å². The molecule has 154 valence electrons. The molecule has 0 saturated heterocycles. The molecule has 0 saturated carbocycles. The van der Waals surface area contributed by atoms with Crippen LogP contribution in [0, 0.1) is 12.3 Å². The van der Waals surface area contributed by atoms with Gasteiger partial charge in [-0.15, -0.1) is 6.42 Å². The molecule has 0 bridgehead atoms. The van der Waals surface area contributed by atoms with Gasteiger partial charge in [-0.25, -0.2) is 0 Å². The van der Waals surface area contributed by atoms with E-state index in [1.807, 2.05) is 36.4 Å². The zero-order chi connectivity index (χ0) is 21.5. The van der Waals surface area contributed by atoms with Crippen LogP contribution in [0.1, 0.15) is 5.56 Å². The van der Waals surface area contributed by atoms with Gasteiger partial charge in [-0.1, -0.05) is 24.1 Å². The molecule has 1 aromatic heterocycles. The van der Waals surface area contributed by atoms with Crippen molar-refractivity contribution in [1.29, 1.82) is 0 Å². The Labute approximate surface area is 175 Å². The molecule has 1 amide bonds. The Hall–Kier alpha value is -3.92. The lowest BCUT2D eigenvalue weighted by Gasteiger charge is -2.12. The topological polar surface area (TPSA) is 74.6 Å². The molecule has 7 heteroatoms. The summed E-state index contributed by atoms with van der Waals surface area (Å²) in [5.74, 6) is 4.71. The van der Waals surface area contributed by atoms with Crippen LogP contribution >= 0.6 is 0 Å². The first-order valence-electron chi connectivity index (χ1n) is 9.25. The summed E-state index contributed by atoms with van der Waals surface area (Å²) in [6.07, 6.45) is 7.18. The molecule has 30 heavy (non-hydrogen) atoms. The van der Waals surface area contributed by atoms with E-state index in [0.29, 0.717) is 17.3 Å². The lowest BCUT2D eigenvalue weighted by atomic mass is 10.1. The number of rotatable bonds is 8. The van der Waals surface area contributed by atoms with E-state index < -0.39 is 0 Å². The third kappa shape index (κ3) is 4.73. The Kier molecular flexibility index (Phi) is 6.60. The van der Waals surface area contributed by atoms with Crippen molar-refractivity contribution in [2.75, 3.05) is 26.1 Å². The van der Waals surface area contributed by atoms with Gasteiger partial charge in [0.25, 0.3) is 0 Å². The maximum absolute atomic E-state index is 12.6. The van der Waals surface area contributed by atoms with Gasteiger partial charge in [0.15, 0.2) is 11.5 Å². The summed E-state index contributed by atoms with van der Waals surface area (Å²) in [6, 6.07) is 12.8. The van der Waals surface area contributed by atoms with Gasteiger partial charge in [0.05, 0.1) is 26.8 Å². The Balaban J connectivity index is 1.80. The third-order valence-corrected chi connectivity index (χ3v) is 4.51. The Morgan fingerprint density at radius 1 is 1.13 bits per heavy atom. The molecule has 3 rings (SSSR count). The monoisotopic (exact) mass is 405 g/mol. The van der Waals surface area contributed by atoms with Gasteiger partial charge < -0.3 is 19.5 Å². The summed E-state index contributed by atoms with van der Waals surface area (Å²) in [6.45, 7) is 0.148. The van der Waals surface area contributed by atoms with Crippen LogP contribution in [0.15, 0.2) is 48.7 Å². The number of terminal acetylenes is 1. The van der Waals surface area contributed by atoms with Crippen LogP contribution in [-0.2, 0) is 18.3 Å². The van der Waals surface area contributed by atoms with Crippen LogP contribution < -0.4 is 19.5 Å². The highest BCUT2D eigenvalue weighted by atomic mass is 16.5. The number of hydrogen-bond acceptors (Lipinski definition) is 5. The summed E-state index contributed by atoms with van der Waals surface area (Å²) < 4.78 is 17.7. The Morgan fingerprint density at radius 2 is 1.90 bits per heavy atom. The molecule has 0 fully saturated rings. The number of carbonyl (C=O) groups excluding carboxylic acids is 1. The molecular weight excluding hydrogens is 382 g/mol. The van der Waals surface area contributed by atoms with Gasteiger partial charge in [-0.2, -0.15) is 5.10 Å². The van der Waals surface area contributed by atoms with Crippen molar-refractivity contribution in [2.45, 2.75) is 6.42 Å². The van der Waals surface area contributed by atoms with E-state index in [0.717, 1.165) is 22.4 Å². The normalized spacial score (nSPS) is 10.2. The minimum Gasteiger partial charge on any atom is -0.497 e. The minimum absolute atomic E-state index is 0.147. The maximum atomic E-state index is 12.6. The number of ether oxygens (including phenoxy) is 3. The summed E-state index contributed by atoms with van der Waals surface area (Å²) in [4.78, 5) is 12.6. The number of benzene rings is 2. The van der Waals surface area contributed by atoms with Gasteiger partial charge in [-0.05, 0) is 35.4 Å². The van der Waals surface area contributed by atoms with Gasteiger partial charge >= 0.3 is 0 Å². The predicted octanol–water partition coefficient (Wildman–Crippen LogP) is 3.30. The van der Waals surface area contributed by atoms with Crippen molar-refractivity contribution >= 4 is 11.7 Å². The van der Waals surface area contributed by atoms with Crippen molar-refractivity contribution in [3.8, 4) is 40.7 Å². The summed E-state index contributed by atoms with van der Waals surface area (Å²) >= 11 is 0. The summed E-state index contributed by atoms with van der Waals surface area (Å²) in [5.41, 5.74) is 2.48. The highest BCUT2D eigenvalue weighted by Gasteiger charge is 2.16. The lowest BCUT2D eigenvalue weighted by Crippen LogP contribution is -2.17. The highest BCUT2D eigenvalue weighted by molar-refractivity contribution is 5.95.